The van der Waals surface area contributed by atoms with E-state index >= 15 is 0 Å². The smallest absolute Gasteiger partial charge is 0.348 e. The van der Waals surface area contributed by atoms with Crippen molar-refractivity contribution in [1.82, 2.24) is 9.97 Å². The van der Waals surface area contributed by atoms with Crippen LogP contribution in [0.3, 0.4) is 0 Å². The first-order chi connectivity index (χ1) is 12.1. The highest BCUT2D eigenvalue weighted by Crippen LogP contribution is 2.34. The number of esters is 1. The number of carbonyl (C=O) groups excluding carboxylic acids is 1. The van der Waals surface area contributed by atoms with E-state index in [2.05, 4.69) is 21.4 Å². The number of rotatable bonds is 6. The van der Waals surface area contributed by atoms with Crippen LogP contribution in [0.15, 0.2) is 11.6 Å². The highest BCUT2D eigenvalue weighted by atomic mass is 32.1. The second-order valence-electron chi connectivity index (χ2n) is 6.36. The molecule has 0 saturated carbocycles. The third-order valence-electron chi connectivity index (χ3n) is 4.49. The Morgan fingerprint density at radius 1 is 1.32 bits per heavy atom. The van der Waals surface area contributed by atoms with Crippen LogP contribution in [0.25, 0.3) is 10.2 Å². The van der Waals surface area contributed by atoms with Gasteiger partial charge in [0.2, 0.25) is 0 Å². The molecule has 0 atom stereocenters. The molecule has 1 aliphatic carbocycles. The van der Waals surface area contributed by atoms with Gasteiger partial charge in [-0.25, -0.2) is 14.8 Å². The van der Waals surface area contributed by atoms with Gasteiger partial charge in [0, 0.05) is 6.54 Å². The summed E-state index contributed by atoms with van der Waals surface area (Å²) in [7, 11) is 0. The number of aryl methyl sites for hydroxylation is 2. The van der Waals surface area contributed by atoms with Crippen LogP contribution in [0.4, 0.5) is 5.82 Å². The lowest BCUT2D eigenvalue weighted by Crippen LogP contribution is -2.08. The zero-order valence-electron chi connectivity index (χ0n) is 15.1. The third-order valence-corrected chi connectivity index (χ3v) is 5.65. The summed E-state index contributed by atoms with van der Waals surface area (Å²) in [5.41, 5.74) is 2.44. The summed E-state index contributed by atoms with van der Waals surface area (Å²) < 4.78 is 5.16. The summed E-state index contributed by atoms with van der Waals surface area (Å²) in [4.78, 5) is 22.7. The summed E-state index contributed by atoms with van der Waals surface area (Å²) in [6.45, 7) is 6.86. The molecule has 5 nitrogen and oxygen atoms in total. The Labute approximate surface area is 152 Å². The van der Waals surface area contributed by atoms with Crippen LogP contribution in [0, 0.1) is 13.8 Å². The lowest BCUT2D eigenvalue weighted by Gasteiger charge is -2.14. The summed E-state index contributed by atoms with van der Waals surface area (Å²) in [5.74, 6) is 1.26. The van der Waals surface area contributed by atoms with Crippen LogP contribution in [0.1, 0.15) is 60.1 Å². The van der Waals surface area contributed by atoms with Gasteiger partial charge in [-0.05, 0) is 58.4 Å². The van der Waals surface area contributed by atoms with Gasteiger partial charge in [-0.15, -0.1) is 11.3 Å². The van der Waals surface area contributed by atoms with Crippen molar-refractivity contribution < 1.29 is 9.53 Å². The molecule has 0 radical (unpaired) electrons. The van der Waals surface area contributed by atoms with Gasteiger partial charge in [-0.2, -0.15) is 0 Å². The molecule has 0 spiro atoms. The van der Waals surface area contributed by atoms with Crippen LogP contribution in [0.5, 0.6) is 0 Å². The van der Waals surface area contributed by atoms with Gasteiger partial charge in [-0.3, -0.25) is 0 Å². The molecule has 1 aliphatic rings. The van der Waals surface area contributed by atoms with E-state index in [4.69, 9.17) is 4.74 Å². The topological polar surface area (TPSA) is 64.1 Å². The number of ether oxygens (including phenoxy) is 1. The summed E-state index contributed by atoms with van der Waals surface area (Å²) in [6, 6.07) is 0. The van der Waals surface area contributed by atoms with Crippen molar-refractivity contribution >= 4 is 33.3 Å². The normalized spacial score (nSPS) is 14.4. The maximum Gasteiger partial charge on any atom is 0.348 e. The zero-order chi connectivity index (χ0) is 17.8. The molecule has 0 saturated heterocycles. The van der Waals surface area contributed by atoms with Crippen LogP contribution in [0.2, 0.25) is 0 Å². The number of hydrogen-bond acceptors (Lipinski definition) is 6. The second kappa shape index (κ2) is 7.95. The minimum absolute atomic E-state index is 0.279. The third kappa shape index (κ3) is 4.00. The average Bonchev–Trinajstić information content (AvgIpc) is 2.92. The van der Waals surface area contributed by atoms with E-state index in [1.165, 1.54) is 42.6 Å². The maximum absolute atomic E-state index is 12.2. The molecule has 1 N–H and O–H groups in total. The highest BCUT2D eigenvalue weighted by molar-refractivity contribution is 7.20. The molecule has 0 unspecified atom stereocenters. The first kappa shape index (κ1) is 17.9. The fourth-order valence-electron chi connectivity index (χ4n) is 3.24. The first-order valence-electron chi connectivity index (χ1n) is 8.96. The number of anilines is 1. The molecular weight excluding hydrogens is 334 g/mol. The molecule has 25 heavy (non-hydrogen) atoms. The highest BCUT2D eigenvalue weighted by Gasteiger charge is 2.20. The average molecular weight is 359 g/mol. The number of aromatic nitrogens is 2. The van der Waals surface area contributed by atoms with E-state index in [0.717, 1.165) is 34.6 Å². The van der Waals surface area contributed by atoms with E-state index in [-0.39, 0.29) is 5.97 Å². The van der Waals surface area contributed by atoms with E-state index in [0.29, 0.717) is 17.3 Å². The Morgan fingerprint density at radius 3 is 2.88 bits per heavy atom. The number of allylic oxidation sites excluding steroid dienone is 1. The molecule has 134 valence electrons. The maximum atomic E-state index is 12.2. The Hall–Kier alpha value is -1.95. The Morgan fingerprint density at radius 2 is 2.16 bits per heavy atom. The SMILES string of the molecule is CCOC(=O)c1sc2nc(C)nc(NCCC3=CCCCC3)c2c1C. The van der Waals surface area contributed by atoms with Crippen molar-refractivity contribution in [1.29, 1.82) is 0 Å². The lowest BCUT2D eigenvalue weighted by atomic mass is 9.97. The van der Waals surface area contributed by atoms with Crippen molar-refractivity contribution in [3.8, 4) is 0 Å². The Balaban J connectivity index is 1.83. The monoisotopic (exact) mass is 359 g/mol. The summed E-state index contributed by atoms with van der Waals surface area (Å²) in [5, 5.41) is 4.40. The van der Waals surface area contributed by atoms with Gasteiger partial charge in [0.25, 0.3) is 0 Å². The lowest BCUT2D eigenvalue weighted by molar-refractivity contribution is 0.0531. The van der Waals surface area contributed by atoms with Gasteiger partial charge >= 0.3 is 5.97 Å². The first-order valence-corrected chi connectivity index (χ1v) is 9.78. The molecule has 2 aromatic rings. The van der Waals surface area contributed by atoms with Crippen LogP contribution >= 0.6 is 11.3 Å². The molecule has 0 aliphatic heterocycles. The molecule has 0 fully saturated rings. The molecule has 0 aromatic carbocycles. The predicted molar refractivity (Wildman–Crippen MR) is 103 cm³/mol. The number of fused-ring (bicyclic) bond motifs is 1. The van der Waals surface area contributed by atoms with Crippen molar-refractivity contribution in [2.75, 3.05) is 18.5 Å². The van der Waals surface area contributed by atoms with Gasteiger partial charge in [-0.1, -0.05) is 11.6 Å². The molecule has 2 heterocycles. The largest absolute Gasteiger partial charge is 0.462 e. The molecule has 6 heteroatoms. The van der Waals surface area contributed by atoms with Crippen LogP contribution in [-0.4, -0.2) is 29.1 Å². The minimum Gasteiger partial charge on any atom is -0.462 e. The molecule has 3 rings (SSSR count). The van der Waals surface area contributed by atoms with E-state index in [1.807, 2.05) is 20.8 Å². The van der Waals surface area contributed by atoms with Crippen molar-refractivity contribution in [2.45, 2.75) is 52.9 Å². The second-order valence-corrected chi connectivity index (χ2v) is 7.36. The standard InChI is InChI=1S/C19H25N3O2S/c1-4-24-19(23)16-12(2)15-17(21-13(3)22-18(15)25-16)20-11-10-14-8-6-5-7-9-14/h8H,4-7,9-11H2,1-3H3,(H,20,21,22). The van der Waals surface area contributed by atoms with Gasteiger partial charge in [0.05, 0.1) is 12.0 Å². The number of hydrogen-bond donors (Lipinski definition) is 1. The summed E-state index contributed by atoms with van der Waals surface area (Å²) >= 11 is 1.38. The Bertz CT molecular complexity index is 811. The van der Waals surface area contributed by atoms with Crippen LogP contribution in [-0.2, 0) is 4.74 Å². The zero-order valence-corrected chi connectivity index (χ0v) is 16.0. The number of carbonyl (C=O) groups is 1. The molecule has 0 amide bonds. The minimum atomic E-state index is -0.279. The van der Waals surface area contributed by atoms with Gasteiger partial charge in [0.15, 0.2) is 0 Å². The fraction of sp³-hybridized carbons (Fsp3) is 0.526. The van der Waals surface area contributed by atoms with Gasteiger partial charge < -0.3 is 10.1 Å². The van der Waals surface area contributed by atoms with E-state index in [9.17, 15) is 4.79 Å². The Kier molecular flexibility index (Phi) is 5.68. The number of thiophene rings is 1. The molecular formula is C19H25N3O2S. The number of nitrogens with zero attached hydrogens (tertiary/aromatic N) is 2. The van der Waals surface area contributed by atoms with Crippen molar-refractivity contribution in [3.63, 3.8) is 0 Å². The quantitative estimate of drug-likeness (QED) is 0.593. The van der Waals surface area contributed by atoms with Crippen molar-refractivity contribution in [3.05, 3.63) is 27.9 Å². The summed E-state index contributed by atoms with van der Waals surface area (Å²) in [6.07, 6.45) is 8.45. The predicted octanol–water partition coefficient (Wildman–Crippen LogP) is 4.79. The fourth-order valence-corrected chi connectivity index (χ4v) is 4.36. The molecule has 0 bridgehead atoms. The van der Waals surface area contributed by atoms with E-state index < -0.39 is 0 Å². The van der Waals surface area contributed by atoms with Gasteiger partial charge in [0.1, 0.15) is 21.3 Å². The number of nitrogens with one attached hydrogen (secondary N) is 1. The van der Waals surface area contributed by atoms with Crippen molar-refractivity contribution in [2.24, 2.45) is 0 Å². The van der Waals surface area contributed by atoms with E-state index in [1.54, 1.807) is 0 Å². The molecule has 2 aromatic heterocycles. The van der Waals surface area contributed by atoms with Crippen LogP contribution < -0.4 is 5.32 Å².